The molecule has 0 bridgehead atoms. The van der Waals surface area contributed by atoms with E-state index in [1.54, 1.807) is 0 Å². The molecule has 2 N–H and O–H groups in total. The molecule has 1 unspecified atom stereocenters. The van der Waals surface area contributed by atoms with Crippen molar-refractivity contribution in [3.05, 3.63) is 23.2 Å². The summed E-state index contributed by atoms with van der Waals surface area (Å²) in [5.74, 6) is 2.14. The lowest BCUT2D eigenvalue weighted by Crippen LogP contribution is -2.42. The molecule has 19 heavy (non-hydrogen) atoms. The molecule has 0 saturated carbocycles. The quantitative estimate of drug-likeness (QED) is 0.909. The van der Waals surface area contributed by atoms with Gasteiger partial charge in [0.15, 0.2) is 0 Å². The van der Waals surface area contributed by atoms with Crippen molar-refractivity contribution < 1.29 is 9.21 Å². The highest BCUT2D eigenvalue weighted by atomic mass is 35.5. The molecule has 1 aliphatic heterocycles. The third-order valence-corrected chi connectivity index (χ3v) is 3.84. The van der Waals surface area contributed by atoms with E-state index in [1.165, 1.54) is 0 Å². The molecular formula is C14H23ClN2O2. The third-order valence-electron chi connectivity index (χ3n) is 3.84. The zero-order valence-corrected chi connectivity index (χ0v) is 12.6. The predicted octanol–water partition coefficient (Wildman–Crippen LogP) is 2.52. The molecule has 1 fully saturated rings. The number of piperidine rings is 1. The average molecular weight is 287 g/mol. The summed E-state index contributed by atoms with van der Waals surface area (Å²) in [6, 6.07) is 2.05. The summed E-state index contributed by atoms with van der Waals surface area (Å²) in [6.45, 7) is 7.36. The molecule has 5 heteroatoms. The van der Waals surface area contributed by atoms with Crippen LogP contribution < -0.4 is 5.73 Å². The molecule has 2 rings (SSSR count). The lowest BCUT2D eigenvalue weighted by Gasteiger charge is -2.33. The van der Waals surface area contributed by atoms with Gasteiger partial charge in [0, 0.05) is 19.1 Å². The fraction of sp³-hybridized carbons (Fsp3) is 0.643. The highest BCUT2D eigenvalue weighted by Crippen LogP contribution is 2.23. The van der Waals surface area contributed by atoms with Crippen molar-refractivity contribution in [2.75, 3.05) is 13.1 Å². The molecule has 1 amide bonds. The number of nitrogens with two attached hydrogens (primary N) is 1. The fourth-order valence-corrected chi connectivity index (χ4v) is 2.64. The minimum atomic E-state index is 0. The van der Waals surface area contributed by atoms with Gasteiger partial charge in [0.2, 0.25) is 0 Å². The van der Waals surface area contributed by atoms with Crippen LogP contribution in [0.2, 0.25) is 0 Å². The van der Waals surface area contributed by atoms with Crippen LogP contribution in [-0.2, 0) is 0 Å². The van der Waals surface area contributed by atoms with Gasteiger partial charge in [0.05, 0.1) is 5.56 Å². The Labute approximate surface area is 120 Å². The van der Waals surface area contributed by atoms with Crippen LogP contribution in [0.15, 0.2) is 10.5 Å². The average Bonchev–Trinajstić information content (AvgIpc) is 2.67. The Morgan fingerprint density at radius 2 is 2.00 bits per heavy atom. The first-order valence-electron chi connectivity index (χ1n) is 6.61. The van der Waals surface area contributed by atoms with Gasteiger partial charge < -0.3 is 15.1 Å². The van der Waals surface area contributed by atoms with Gasteiger partial charge in [-0.25, -0.2) is 0 Å². The van der Waals surface area contributed by atoms with E-state index in [0.717, 1.165) is 31.7 Å². The van der Waals surface area contributed by atoms with Gasteiger partial charge in [-0.15, -0.1) is 12.4 Å². The zero-order chi connectivity index (χ0) is 13.3. The van der Waals surface area contributed by atoms with E-state index in [1.807, 2.05) is 31.7 Å². The number of carbonyl (C=O) groups excluding carboxylic acids is 1. The second-order valence-electron chi connectivity index (χ2n) is 5.32. The van der Waals surface area contributed by atoms with Crippen molar-refractivity contribution in [3.8, 4) is 0 Å². The first-order chi connectivity index (χ1) is 8.49. The zero-order valence-electron chi connectivity index (χ0n) is 11.8. The summed E-state index contributed by atoms with van der Waals surface area (Å²) < 4.78 is 5.42. The van der Waals surface area contributed by atoms with Crippen LogP contribution in [0.5, 0.6) is 0 Å². The van der Waals surface area contributed by atoms with Gasteiger partial charge in [-0.3, -0.25) is 4.79 Å². The van der Waals surface area contributed by atoms with Crippen LogP contribution in [-0.4, -0.2) is 29.9 Å². The first-order valence-corrected chi connectivity index (χ1v) is 6.61. The van der Waals surface area contributed by atoms with Crippen molar-refractivity contribution in [1.29, 1.82) is 0 Å². The van der Waals surface area contributed by atoms with Crippen molar-refractivity contribution in [1.82, 2.24) is 4.90 Å². The van der Waals surface area contributed by atoms with Gasteiger partial charge >= 0.3 is 0 Å². The number of nitrogens with zero attached hydrogens (tertiary/aromatic N) is 1. The van der Waals surface area contributed by atoms with Crippen LogP contribution in [0, 0.1) is 19.8 Å². The summed E-state index contributed by atoms with van der Waals surface area (Å²) in [6.07, 6.45) is 2.00. The minimum absolute atomic E-state index is 0. The molecule has 1 saturated heterocycles. The molecule has 1 aromatic rings. The molecular weight excluding hydrogens is 264 g/mol. The number of halogens is 1. The molecule has 1 aliphatic rings. The molecule has 1 atom stereocenters. The van der Waals surface area contributed by atoms with Crippen LogP contribution in [0.1, 0.15) is 41.6 Å². The number of aryl methyl sites for hydroxylation is 2. The van der Waals surface area contributed by atoms with Gasteiger partial charge in [0.25, 0.3) is 5.91 Å². The van der Waals surface area contributed by atoms with E-state index < -0.39 is 0 Å². The number of furan rings is 1. The molecule has 108 valence electrons. The number of hydrogen-bond donors (Lipinski definition) is 1. The highest BCUT2D eigenvalue weighted by molar-refractivity contribution is 5.95. The predicted molar refractivity (Wildman–Crippen MR) is 77.7 cm³/mol. The van der Waals surface area contributed by atoms with Gasteiger partial charge in [-0.05, 0) is 45.6 Å². The Morgan fingerprint density at radius 3 is 2.42 bits per heavy atom. The minimum Gasteiger partial charge on any atom is -0.466 e. The molecule has 0 spiro atoms. The summed E-state index contributed by atoms with van der Waals surface area (Å²) in [5.41, 5.74) is 6.61. The standard InChI is InChI=1S/C14H22N2O2.ClH/c1-9-8-13(11(3)18-9)14(17)16-6-4-12(5-7-16)10(2)15;/h8,10,12H,4-7,15H2,1-3H3;1H. The smallest absolute Gasteiger partial charge is 0.257 e. The van der Waals surface area contributed by atoms with Crippen LogP contribution in [0.25, 0.3) is 0 Å². The van der Waals surface area contributed by atoms with Crippen LogP contribution in [0.4, 0.5) is 0 Å². The Bertz CT molecular complexity index is 435. The van der Waals surface area contributed by atoms with E-state index >= 15 is 0 Å². The van der Waals surface area contributed by atoms with Crippen molar-refractivity contribution in [3.63, 3.8) is 0 Å². The maximum atomic E-state index is 12.3. The Hall–Kier alpha value is -1.000. The van der Waals surface area contributed by atoms with E-state index in [-0.39, 0.29) is 24.4 Å². The van der Waals surface area contributed by atoms with Crippen molar-refractivity contribution in [2.45, 2.75) is 39.7 Å². The lowest BCUT2D eigenvalue weighted by atomic mass is 9.90. The normalized spacial score (nSPS) is 18.0. The van der Waals surface area contributed by atoms with E-state index in [9.17, 15) is 4.79 Å². The number of hydrogen-bond acceptors (Lipinski definition) is 3. The monoisotopic (exact) mass is 286 g/mol. The molecule has 4 nitrogen and oxygen atoms in total. The lowest BCUT2D eigenvalue weighted by molar-refractivity contribution is 0.0679. The Balaban J connectivity index is 0.00000180. The SMILES string of the molecule is Cc1cc(C(=O)N2CCC(C(C)N)CC2)c(C)o1.Cl. The van der Waals surface area contributed by atoms with Gasteiger partial charge in [-0.2, -0.15) is 0 Å². The summed E-state index contributed by atoms with van der Waals surface area (Å²) in [7, 11) is 0. The largest absolute Gasteiger partial charge is 0.466 e. The molecule has 0 aromatic carbocycles. The summed E-state index contributed by atoms with van der Waals surface area (Å²) >= 11 is 0. The number of amides is 1. The Morgan fingerprint density at radius 1 is 1.42 bits per heavy atom. The van der Waals surface area contributed by atoms with Gasteiger partial charge in [-0.1, -0.05) is 0 Å². The second-order valence-corrected chi connectivity index (χ2v) is 5.32. The fourth-order valence-electron chi connectivity index (χ4n) is 2.64. The molecule has 0 aliphatic carbocycles. The topological polar surface area (TPSA) is 59.5 Å². The first kappa shape index (κ1) is 16.1. The summed E-state index contributed by atoms with van der Waals surface area (Å²) in [4.78, 5) is 14.3. The molecule has 1 aromatic heterocycles. The van der Waals surface area contributed by atoms with Crippen LogP contribution in [0.3, 0.4) is 0 Å². The van der Waals surface area contributed by atoms with Crippen LogP contribution >= 0.6 is 12.4 Å². The summed E-state index contributed by atoms with van der Waals surface area (Å²) in [5, 5.41) is 0. The van der Waals surface area contributed by atoms with E-state index in [4.69, 9.17) is 10.2 Å². The van der Waals surface area contributed by atoms with Crippen molar-refractivity contribution in [2.24, 2.45) is 11.7 Å². The van der Waals surface area contributed by atoms with E-state index in [2.05, 4.69) is 0 Å². The van der Waals surface area contributed by atoms with Crippen molar-refractivity contribution >= 4 is 18.3 Å². The van der Waals surface area contributed by atoms with E-state index in [0.29, 0.717) is 17.2 Å². The second kappa shape index (κ2) is 6.44. The maximum absolute atomic E-state index is 12.3. The maximum Gasteiger partial charge on any atom is 0.257 e. The Kier molecular flexibility index (Phi) is 5.44. The molecule has 2 heterocycles. The number of rotatable bonds is 2. The highest BCUT2D eigenvalue weighted by Gasteiger charge is 2.27. The molecule has 0 radical (unpaired) electrons. The third kappa shape index (κ3) is 3.51. The number of likely N-dealkylation sites (tertiary alicyclic amines) is 1. The van der Waals surface area contributed by atoms with Gasteiger partial charge in [0.1, 0.15) is 11.5 Å². The number of carbonyl (C=O) groups is 1.